The van der Waals surface area contributed by atoms with Crippen LogP contribution in [0.1, 0.15) is 16.7 Å². The zero-order chi connectivity index (χ0) is 18.1. The van der Waals surface area contributed by atoms with Gasteiger partial charge in [0.1, 0.15) is 11.7 Å². The zero-order valence-electron chi connectivity index (χ0n) is 15.4. The first kappa shape index (κ1) is 17.3. The van der Waals surface area contributed by atoms with Gasteiger partial charge in [0.05, 0.1) is 31.7 Å². The SMILES string of the molecule is Cc1ccc2cc(C[NH+]3CCN(c4ccccc4)CC3)c(Cl)nc2c1C. The lowest BCUT2D eigenvalue weighted by Gasteiger charge is -2.33. The van der Waals surface area contributed by atoms with Crippen LogP contribution >= 0.6 is 11.6 Å². The Bertz CT molecular complexity index is 916. The summed E-state index contributed by atoms with van der Waals surface area (Å²) in [5.74, 6) is 0. The molecule has 3 nitrogen and oxygen atoms in total. The number of hydrogen-bond acceptors (Lipinski definition) is 2. The molecule has 1 fully saturated rings. The quantitative estimate of drug-likeness (QED) is 0.717. The summed E-state index contributed by atoms with van der Waals surface area (Å²) in [7, 11) is 0. The molecule has 2 heterocycles. The van der Waals surface area contributed by atoms with Crippen molar-refractivity contribution in [3.8, 4) is 0 Å². The van der Waals surface area contributed by atoms with E-state index in [1.165, 1.54) is 22.2 Å². The van der Waals surface area contributed by atoms with Crippen molar-refractivity contribution >= 4 is 28.2 Å². The van der Waals surface area contributed by atoms with Crippen molar-refractivity contribution in [2.45, 2.75) is 20.4 Å². The molecular weight excluding hydrogens is 342 g/mol. The van der Waals surface area contributed by atoms with Crippen LogP contribution in [0, 0.1) is 13.8 Å². The van der Waals surface area contributed by atoms with Crippen molar-refractivity contribution in [2.24, 2.45) is 0 Å². The fourth-order valence-electron chi connectivity index (χ4n) is 3.79. The summed E-state index contributed by atoms with van der Waals surface area (Å²) < 4.78 is 0. The van der Waals surface area contributed by atoms with Gasteiger partial charge in [-0.2, -0.15) is 0 Å². The molecular formula is C22H25ClN3+. The van der Waals surface area contributed by atoms with Crippen molar-refractivity contribution in [1.82, 2.24) is 4.98 Å². The molecule has 0 atom stereocenters. The van der Waals surface area contributed by atoms with Crippen LogP contribution in [0.15, 0.2) is 48.5 Å². The van der Waals surface area contributed by atoms with Crippen molar-refractivity contribution < 1.29 is 4.90 Å². The molecule has 0 amide bonds. The maximum Gasteiger partial charge on any atom is 0.138 e. The molecule has 0 saturated carbocycles. The highest BCUT2D eigenvalue weighted by Crippen LogP contribution is 2.24. The predicted molar refractivity (Wildman–Crippen MR) is 109 cm³/mol. The normalized spacial score (nSPS) is 15.6. The van der Waals surface area contributed by atoms with E-state index in [4.69, 9.17) is 16.6 Å². The molecule has 1 N–H and O–H groups in total. The summed E-state index contributed by atoms with van der Waals surface area (Å²) in [6, 6.07) is 17.2. The average molecular weight is 367 g/mol. The monoisotopic (exact) mass is 366 g/mol. The van der Waals surface area contributed by atoms with Gasteiger partial charge in [-0.1, -0.05) is 41.9 Å². The molecule has 4 heteroatoms. The summed E-state index contributed by atoms with van der Waals surface area (Å²) >= 11 is 6.54. The largest absolute Gasteiger partial charge is 0.360 e. The van der Waals surface area contributed by atoms with Crippen molar-refractivity contribution in [2.75, 3.05) is 31.1 Å². The second-order valence-corrected chi connectivity index (χ2v) is 7.62. The number of benzene rings is 2. The van der Waals surface area contributed by atoms with Crippen molar-refractivity contribution in [3.05, 3.63) is 70.4 Å². The van der Waals surface area contributed by atoms with Gasteiger partial charge >= 0.3 is 0 Å². The van der Waals surface area contributed by atoms with Crippen molar-refractivity contribution in [1.29, 1.82) is 0 Å². The van der Waals surface area contributed by atoms with E-state index in [0.717, 1.165) is 43.8 Å². The fraction of sp³-hybridized carbons (Fsp3) is 0.318. The molecule has 0 aliphatic carbocycles. The fourth-order valence-corrected chi connectivity index (χ4v) is 4.00. The van der Waals surface area contributed by atoms with Crippen LogP contribution in [-0.4, -0.2) is 31.2 Å². The van der Waals surface area contributed by atoms with Crippen LogP contribution in [0.3, 0.4) is 0 Å². The Morgan fingerprint density at radius 2 is 1.77 bits per heavy atom. The zero-order valence-corrected chi connectivity index (χ0v) is 16.2. The van der Waals surface area contributed by atoms with E-state index in [0.29, 0.717) is 5.15 Å². The molecule has 3 aromatic rings. The van der Waals surface area contributed by atoms with Gasteiger partial charge < -0.3 is 9.80 Å². The third kappa shape index (κ3) is 3.42. The second kappa shape index (κ2) is 7.26. The van der Waals surface area contributed by atoms with E-state index in [1.807, 2.05) is 0 Å². The number of nitrogens with one attached hydrogen (secondary N) is 1. The lowest BCUT2D eigenvalue weighted by Crippen LogP contribution is -3.13. The molecule has 2 aromatic carbocycles. The molecule has 0 radical (unpaired) electrons. The predicted octanol–water partition coefficient (Wildman–Crippen LogP) is 3.41. The maximum absolute atomic E-state index is 6.54. The molecule has 0 unspecified atom stereocenters. The number of quaternary nitrogens is 1. The van der Waals surface area contributed by atoms with Gasteiger partial charge in [0.25, 0.3) is 0 Å². The first-order chi connectivity index (χ1) is 12.6. The van der Waals surface area contributed by atoms with Crippen LogP contribution < -0.4 is 9.80 Å². The Balaban J connectivity index is 1.48. The lowest BCUT2D eigenvalue weighted by molar-refractivity contribution is -0.914. The van der Waals surface area contributed by atoms with Crippen LogP contribution in [0.2, 0.25) is 5.15 Å². The van der Waals surface area contributed by atoms with Crippen molar-refractivity contribution in [3.63, 3.8) is 0 Å². The minimum Gasteiger partial charge on any atom is -0.360 e. The Hall–Kier alpha value is -2.10. The number of nitrogens with zero attached hydrogens (tertiary/aromatic N) is 2. The Labute approximate surface area is 160 Å². The molecule has 1 aliphatic rings. The number of halogens is 1. The Morgan fingerprint density at radius 3 is 2.50 bits per heavy atom. The van der Waals surface area contributed by atoms with E-state index in [-0.39, 0.29) is 0 Å². The minimum atomic E-state index is 0.657. The smallest absolute Gasteiger partial charge is 0.138 e. The number of aromatic nitrogens is 1. The van der Waals surface area contributed by atoms with E-state index >= 15 is 0 Å². The van der Waals surface area contributed by atoms with E-state index in [9.17, 15) is 0 Å². The van der Waals surface area contributed by atoms with Gasteiger partial charge in [-0.15, -0.1) is 0 Å². The van der Waals surface area contributed by atoms with Gasteiger partial charge in [-0.3, -0.25) is 0 Å². The molecule has 1 saturated heterocycles. The Kier molecular flexibility index (Phi) is 4.84. The number of aryl methyl sites for hydroxylation is 2. The molecule has 1 aromatic heterocycles. The number of piperazine rings is 1. The number of fused-ring (bicyclic) bond motifs is 1. The maximum atomic E-state index is 6.54. The van der Waals surface area contributed by atoms with Gasteiger partial charge in [0, 0.05) is 16.6 Å². The third-order valence-corrected chi connectivity index (χ3v) is 5.90. The first-order valence-corrected chi connectivity index (χ1v) is 9.68. The summed E-state index contributed by atoms with van der Waals surface area (Å²) in [6.07, 6.45) is 0. The summed E-state index contributed by atoms with van der Waals surface area (Å²) in [4.78, 5) is 8.75. The molecule has 4 rings (SSSR count). The molecule has 26 heavy (non-hydrogen) atoms. The first-order valence-electron chi connectivity index (χ1n) is 9.31. The van der Waals surface area contributed by atoms with Gasteiger partial charge in [-0.05, 0) is 43.2 Å². The number of anilines is 1. The highest BCUT2D eigenvalue weighted by molar-refractivity contribution is 6.30. The van der Waals surface area contributed by atoms with Crippen LogP contribution in [0.4, 0.5) is 5.69 Å². The average Bonchev–Trinajstić information content (AvgIpc) is 2.67. The standard InChI is InChI=1S/C22H24ClN3/c1-16-8-9-18-14-19(22(23)24-21(18)17(16)2)15-25-10-12-26(13-11-25)20-6-4-3-5-7-20/h3-9,14H,10-13,15H2,1-2H3/p+1. The number of pyridine rings is 1. The molecule has 0 spiro atoms. The van der Waals surface area contributed by atoms with Gasteiger partial charge in [0.2, 0.25) is 0 Å². The summed E-state index contributed by atoms with van der Waals surface area (Å²) in [6.45, 7) is 9.58. The van der Waals surface area contributed by atoms with E-state index in [2.05, 4.69) is 67.3 Å². The second-order valence-electron chi connectivity index (χ2n) is 7.27. The van der Waals surface area contributed by atoms with E-state index < -0.39 is 0 Å². The topological polar surface area (TPSA) is 20.6 Å². The van der Waals surface area contributed by atoms with Crippen LogP contribution in [-0.2, 0) is 6.54 Å². The number of hydrogen-bond donors (Lipinski definition) is 1. The summed E-state index contributed by atoms with van der Waals surface area (Å²) in [5, 5.41) is 1.85. The molecule has 0 bridgehead atoms. The van der Waals surface area contributed by atoms with Crippen LogP contribution in [0.25, 0.3) is 10.9 Å². The highest BCUT2D eigenvalue weighted by Gasteiger charge is 2.21. The lowest BCUT2D eigenvalue weighted by atomic mass is 10.0. The Morgan fingerprint density at radius 1 is 1.04 bits per heavy atom. The minimum absolute atomic E-state index is 0.657. The van der Waals surface area contributed by atoms with Crippen LogP contribution in [0.5, 0.6) is 0 Å². The van der Waals surface area contributed by atoms with Gasteiger partial charge in [0.15, 0.2) is 0 Å². The van der Waals surface area contributed by atoms with E-state index in [1.54, 1.807) is 4.90 Å². The number of para-hydroxylation sites is 1. The van der Waals surface area contributed by atoms with Gasteiger partial charge in [-0.25, -0.2) is 4.98 Å². The highest BCUT2D eigenvalue weighted by atomic mass is 35.5. The molecule has 134 valence electrons. The summed E-state index contributed by atoms with van der Waals surface area (Å²) in [5.41, 5.74) is 5.99. The molecule has 1 aliphatic heterocycles. The number of rotatable bonds is 3. The third-order valence-electron chi connectivity index (χ3n) is 5.57.